The Hall–Kier alpha value is -2.63. The van der Waals surface area contributed by atoms with Crippen LogP contribution in [0.15, 0.2) is 41.9 Å². The van der Waals surface area contributed by atoms with Crippen molar-refractivity contribution in [1.29, 1.82) is 0 Å². The number of hydrogen-bond donors (Lipinski definition) is 1. The molecule has 0 saturated carbocycles. The Kier molecular flexibility index (Phi) is 3.23. The standard InChI is InChI=1S/C18H20N4O2/c1-18(2)8-13-15(14(23)9-18)16(22-17(21-13)19-10-20-22)11-5-4-6-12(7-11)24-3/h4-7,10,16H,8-9H2,1-3H3,(H,19,20,21)/t16-/m1/s1. The van der Waals surface area contributed by atoms with E-state index in [0.29, 0.717) is 12.4 Å². The second kappa shape index (κ2) is 5.19. The van der Waals surface area contributed by atoms with Crippen LogP contribution in [0, 0.1) is 5.41 Å². The number of aromatic nitrogens is 3. The number of ketones is 1. The summed E-state index contributed by atoms with van der Waals surface area (Å²) < 4.78 is 7.13. The number of carbonyl (C=O) groups is 1. The predicted molar refractivity (Wildman–Crippen MR) is 89.8 cm³/mol. The van der Waals surface area contributed by atoms with Gasteiger partial charge in [0.2, 0.25) is 5.95 Å². The molecule has 1 atom stereocenters. The number of hydrogen-bond acceptors (Lipinski definition) is 5. The number of fused-ring (bicyclic) bond motifs is 1. The summed E-state index contributed by atoms with van der Waals surface area (Å²) in [6.07, 6.45) is 2.88. The van der Waals surface area contributed by atoms with Crippen molar-refractivity contribution >= 4 is 11.7 Å². The third kappa shape index (κ3) is 2.29. The summed E-state index contributed by atoms with van der Waals surface area (Å²) in [5.41, 5.74) is 2.68. The monoisotopic (exact) mass is 324 g/mol. The van der Waals surface area contributed by atoms with Gasteiger partial charge < -0.3 is 10.1 Å². The lowest BCUT2D eigenvalue weighted by Gasteiger charge is -2.38. The number of ether oxygens (including phenoxy) is 1. The van der Waals surface area contributed by atoms with E-state index in [4.69, 9.17) is 4.74 Å². The lowest BCUT2D eigenvalue weighted by Crippen LogP contribution is -2.36. The lowest BCUT2D eigenvalue weighted by molar-refractivity contribution is -0.118. The van der Waals surface area contributed by atoms with E-state index in [-0.39, 0.29) is 17.2 Å². The van der Waals surface area contributed by atoms with Crippen molar-refractivity contribution in [2.24, 2.45) is 5.41 Å². The third-order valence-electron chi connectivity index (χ3n) is 4.68. The number of nitrogens with zero attached hydrogens (tertiary/aromatic N) is 3. The maximum atomic E-state index is 12.9. The number of carbonyl (C=O) groups excluding carboxylic acids is 1. The molecule has 24 heavy (non-hydrogen) atoms. The first-order valence-electron chi connectivity index (χ1n) is 8.05. The Labute approximate surface area is 140 Å². The molecule has 0 saturated heterocycles. The highest BCUT2D eigenvalue weighted by atomic mass is 16.5. The molecule has 1 aliphatic heterocycles. The van der Waals surface area contributed by atoms with Gasteiger partial charge in [0.15, 0.2) is 5.78 Å². The molecule has 2 aliphatic rings. The molecule has 6 nitrogen and oxygen atoms in total. The number of allylic oxidation sites excluding steroid dienone is 2. The fourth-order valence-electron chi connectivity index (χ4n) is 3.67. The highest BCUT2D eigenvalue weighted by Crippen LogP contribution is 2.45. The molecule has 1 N–H and O–H groups in total. The van der Waals surface area contributed by atoms with Gasteiger partial charge in [0, 0.05) is 17.7 Å². The molecular formula is C18H20N4O2. The maximum Gasteiger partial charge on any atom is 0.226 e. The van der Waals surface area contributed by atoms with Gasteiger partial charge in [0.25, 0.3) is 0 Å². The van der Waals surface area contributed by atoms with Gasteiger partial charge in [-0.05, 0) is 29.5 Å². The molecule has 0 bridgehead atoms. The summed E-state index contributed by atoms with van der Waals surface area (Å²) in [6, 6.07) is 7.52. The summed E-state index contributed by atoms with van der Waals surface area (Å²) in [5, 5.41) is 7.66. The van der Waals surface area contributed by atoms with Crippen LogP contribution in [-0.2, 0) is 4.79 Å². The molecule has 0 spiro atoms. The molecule has 0 amide bonds. The molecule has 0 unspecified atom stereocenters. The number of anilines is 1. The van der Waals surface area contributed by atoms with Gasteiger partial charge in [0.05, 0.1) is 7.11 Å². The molecule has 1 aromatic heterocycles. The second-order valence-electron chi connectivity index (χ2n) is 7.17. The summed E-state index contributed by atoms with van der Waals surface area (Å²) in [7, 11) is 1.64. The Balaban J connectivity index is 1.89. The minimum absolute atomic E-state index is 0.0516. The van der Waals surface area contributed by atoms with E-state index < -0.39 is 0 Å². The van der Waals surface area contributed by atoms with Crippen LogP contribution < -0.4 is 10.1 Å². The van der Waals surface area contributed by atoms with Crippen LogP contribution in [0.3, 0.4) is 0 Å². The summed E-state index contributed by atoms with van der Waals surface area (Å²) in [5.74, 6) is 1.60. The lowest BCUT2D eigenvalue weighted by atomic mass is 9.73. The molecule has 124 valence electrons. The van der Waals surface area contributed by atoms with Crippen LogP contribution in [-0.4, -0.2) is 27.7 Å². The predicted octanol–water partition coefficient (Wildman–Crippen LogP) is 2.94. The van der Waals surface area contributed by atoms with E-state index in [1.54, 1.807) is 11.8 Å². The van der Waals surface area contributed by atoms with E-state index in [0.717, 1.165) is 29.0 Å². The zero-order valence-corrected chi connectivity index (χ0v) is 14.0. The number of methoxy groups -OCH3 is 1. The highest BCUT2D eigenvalue weighted by molar-refractivity contribution is 6.00. The molecule has 6 heteroatoms. The SMILES string of the molecule is COc1cccc([C@@H]2C3=C(CC(C)(C)CC3=O)Nc3ncnn32)c1. The largest absolute Gasteiger partial charge is 0.497 e. The average molecular weight is 324 g/mol. The first kappa shape index (κ1) is 14.9. The molecule has 2 aromatic rings. The van der Waals surface area contributed by atoms with E-state index >= 15 is 0 Å². The van der Waals surface area contributed by atoms with E-state index in [1.165, 1.54) is 6.33 Å². The van der Waals surface area contributed by atoms with Gasteiger partial charge in [-0.3, -0.25) is 4.79 Å². The van der Waals surface area contributed by atoms with Gasteiger partial charge in [0.1, 0.15) is 18.1 Å². The summed E-state index contributed by atoms with van der Waals surface area (Å²) in [4.78, 5) is 17.2. The Bertz CT molecular complexity index is 850. The van der Waals surface area contributed by atoms with Gasteiger partial charge in [-0.2, -0.15) is 10.1 Å². The highest BCUT2D eigenvalue weighted by Gasteiger charge is 2.41. The summed E-state index contributed by atoms with van der Waals surface area (Å²) >= 11 is 0. The molecule has 4 rings (SSSR count). The van der Waals surface area contributed by atoms with Crippen molar-refractivity contribution in [3.05, 3.63) is 47.4 Å². The minimum atomic E-state index is -0.266. The first-order chi connectivity index (χ1) is 11.5. The molecular weight excluding hydrogens is 304 g/mol. The minimum Gasteiger partial charge on any atom is -0.497 e. The van der Waals surface area contributed by atoms with E-state index in [9.17, 15) is 4.79 Å². The number of Topliss-reactive ketones (excluding diaryl/α,β-unsaturated/α-hetero) is 1. The average Bonchev–Trinajstić information content (AvgIpc) is 2.99. The normalized spacial score (nSPS) is 21.8. The fourth-order valence-corrected chi connectivity index (χ4v) is 3.67. The number of rotatable bonds is 2. The van der Waals surface area contributed by atoms with Gasteiger partial charge >= 0.3 is 0 Å². The Morgan fingerprint density at radius 2 is 2.17 bits per heavy atom. The van der Waals surface area contributed by atoms with Crippen LogP contribution in [0.2, 0.25) is 0 Å². The Morgan fingerprint density at radius 1 is 1.33 bits per heavy atom. The molecule has 2 heterocycles. The van der Waals surface area contributed by atoms with Crippen LogP contribution >= 0.6 is 0 Å². The quantitative estimate of drug-likeness (QED) is 0.920. The number of nitrogens with one attached hydrogen (secondary N) is 1. The topological polar surface area (TPSA) is 69.0 Å². The van der Waals surface area contributed by atoms with Crippen molar-refractivity contribution in [2.45, 2.75) is 32.7 Å². The van der Waals surface area contributed by atoms with Crippen molar-refractivity contribution in [1.82, 2.24) is 14.8 Å². The first-order valence-corrected chi connectivity index (χ1v) is 8.05. The van der Waals surface area contributed by atoms with Crippen LogP contribution in [0.1, 0.15) is 38.3 Å². The van der Waals surface area contributed by atoms with Gasteiger partial charge in [-0.25, -0.2) is 4.68 Å². The smallest absolute Gasteiger partial charge is 0.226 e. The zero-order valence-electron chi connectivity index (χ0n) is 14.0. The van der Waals surface area contributed by atoms with Crippen LogP contribution in [0.4, 0.5) is 5.95 Å². The van der Waals surface area contributed by atoms with Crippen molar-refractivity contribution in [3.63, 3.8) is 0 Å². The Morgan fingerprint density at radius 3 is 2.96 bits per heavy atom. The number of benzene rings is 1. The van der Waals surface area contributed by atoms with Crippen LogP contribution in [0.5, 0.6) is 5.75 Å². The fraction of sp³-hybridized carbons (Fsp3) is 0.389. The van der Waals surface area contributed by atoms with E-state index in [1.807, 2.05) is 24.3 Å². The molecule has 0 fully saturated rings. The maximum absolute atomic E-state index is 12.9. The molecule has 0 radical (unpaired) electrons. The van der Waals surface area contributed by atoms with Crippen LogP contribution in [0.25, 0.3) is 0 Å². The van der Waals surface area contributed by atoms with Crippen molar-refractivity contribution < 1.29 is 9.53 Å². The zero-order chi connectivity index (χ0) is 16.9. The third-order valence-corrected chi connectivity index (χ3v) is 4.68. The van der Waals surface area contributed by atoms with Crippen molar-refractivity contribution in [2.75, 3.05) is 12.4 Å². The van der Waals surface area contributed by atoms with Gasteiger partial charge in [-0.15, -0.1) is 0 Å². The van der Waals surface area contributed by atoms with Crippen molar-refractivity contribution in [3.8, 4) is 5.75 Å². The van der Waals surface area contributed by atoms with E-state index in [2.05, 4.69) is 29.2 Å². The molecule has 1 aliphatic carbocycles. The molecule has 1 aromatic carbocycles. The second-order valence-corrected chi connectivity index (χ2v) is 7.17. The summed E-state index contributed by atoms with van der Waals surface area (Å²) in [6.45, 7) is 4.24. The van der Waals surface area contributed by atoms with Gasteiger partial charge in [-0.1, -0.05) is 26.0 Å².